The van der Waals surface area contributed by atoms with Gasteiger partial charge in [-0.3, -0.25) is 4.90 Å². The Morgan fingerprint density at radius 1 is 1.14 bits per heavy atom. The number of alkyl halides is 3. The van der Waals surface area contributed by atoms with Crippen molar-refractivity contribution in [2.24, 2.45) is 0 Å². The number of aromatic nitrogens is 6. The zero-order valence-electron chi connectivity index (χ0n) is 23.7. The zero-order chi connectivity index (χ0) is 30.7. The number of rotatable bonds is 7. The lowest BCUT2D eigenvalue weighted by atomic mass is 9.97. The van der Waals surface area contributed by atoms with Gasteiger partial charge in [0.15, 0.2) is 11.5 Å². The number of aryl methyl sites for hydroxylation is 1. The van der Waals surface area contributed by atoms with Crippen molar-refractivity contribution in [2.45, 2.75) is 64.4 Å². The van der Waals surface area contributed by atoms with Crippen molar-refractivity contribution >= 4 is 11.9 Å². The molecule has 6 rings (SSSR count). The summed E-state index contributed by atoms with van der Waals surface area (Å²) in [4.78, 5) is 36.2. The summed E-state index contributed by atoms with van der Waals surface area (Å²) in [5, 5.41) is 0. The average molecular weight is 598 g/mol. The smallest absolute Gasteiger partial charge is 0.434 e. The molecule has 0 unspecified atom stereocenters. The second kappa shape index (κ2) is 10.3. The van der Waals surface area contributed by atoms with Crippen molar-refractivity contribution in [2.75, 3.05) is 12.0 Å². The highest BCUT2D eigenvalue weighted by Crippen LogP contribution is 2.46. The van der Waals surface area contributed by atoms with Crippen molar-refractivity contribution in [3.05, 3.63) is 65.3 Å². The number of hydrogen-bond donors (Lipinski definition) is 0. The van der Waals surface area contributed by atoms with Crippen LogP contribution >= 0.6 is 0 Å². The molecule has 1 amide bonds. The number of benzene rings is 1. The second-order valence-corrected chi connectivity index (χ2v) is 10.9. The molecule has 224 valence electrons. The second-order valence-electron chi connectivity index (χ2n) is 10.9. The maximum absolute atomic E-state index is 15.4. The van der Waals surface area contributed by atoms with E-state index in [0.29, 0.717) is 22.6 Å². The Labute approximate surface area is 243 Å². The van der Waals surface area contributed by atoms with E-state index in [1.54, 1.807) is 27.0 Å². The molecule has 0 radical (unpaired) electrons. The van der Waals surface area contributed by atoms with E-state index in [9.17, 15) is 18.0 Å². The molecule has 0 bridgehead atoms. The maximum Gasteiger partial charge on any atom is 0.434 e. The summed E-state index contributed by atoms with van der Waals surface area (Å²) in [6.45, 7) is 5.09. The molecule has 1 aliphatic carbocycles. The summed E-state index contributed by atoms with van der Waals surface area (Å²) in [6, 6.07) is 4.03. The number of halogens is 4. The number of methoxy groups -OCH3 is 1. The molecule has 1 fully saturated rings. The van der Waals surface area contributed by atoms with E-state index >= 15 is 4.39 Å². The summed E-state index contributed by atoms with van der Waals surface area (Å²) in [6.07, 6.45) is 0.397. The lowest BCUT2D eigenvalue weighted by Crippen LogP contribution is -2.43. The molecule has 10 nitrogen and oxygen atoms in total. The maximum atomic E-state index is 15.4. The van der Waals surface area contributed by atoms with Gasteiger partial charge in [-0.25, -0.2) is 34.1 Å². The molecule has 4 aromatic rings. The van der Waals surface area contributed by atoms with Crippen LogP contribution < -0.4 is 9.64 Å². The van der Waals surface area contributed by atoms with Gasteiger partial charge in [-0.1, -0.05) is 6.07 Å². The fourth-order valence-corrected chi connectivity index (χ4v) is 5.12. The van der Waals surface area contributed by atoms with Gasteiger partial charge < -0.3 is 14.0 Å². The molecule has 0 saturated heterocycles. The van der Waals surface area contributed by atoms with Crippen LogP contribution in [0.25, 0.3) is 22.8 Å². The third-order valence-electron chi connectivity index (χ3n) is 7.48. The summed E-state index contributed by atoms with van der Waals surface area (Å²) >= 11 is 0. The van der Waals surface area contributed by atoms with Crippen LogP contribution in [0.3, 0.4) is 0 Å². The van der Waals surface area contributed by atoms with Gasteiger partial charge in [-0.05, 0) is 51.3 Å². The Morgan fingerprint density at radius 3 is 2.56 bits per heavy atom. The molecule has 3 aromatic heterocycles. The molecule has 0 atom stereocenters. The van der Waals surface area contributed by atoms with Crippen molar-refractivity contribution in [1.29, 1.82) is 0 Å². The topological polar surface area (TPSA) is 108 Å². The van der Waals surface area contributed by atoms with E-state index in [2.05, 4.69) is 19.9 Å². The molecular weight excluding hydrogens is 570 g/mol. The van der Waals surface area contributed by atoms with Gasteiger partial charge in [0.1, 0.15) is 35.0 Å². The SMILES string of the molecule is CCn1cc(C(F)(F)F)nc1-c1ccc(CN2C(=O)OC(C)(C)c3cnc(-c4c(OC)ncnc4C4CC4)nc32)cc1F. The molecule has 14 heteroatoms. The van der Waals surface area contributed by atoms with Crippen LogP contribution in [0.15, 0.2) is 36.9 Å². The summed E-state index contributed by atoms with van der Waals surface area (Å²) in [5.41, 5.74) is -0.0862. The van der Waals surface area contributed by atoms with E-state index in [1.165, 1.54) is 35.0 Å². The quantitative estimate of drug-likeness (QED) is 0.230. The van der Waals surface area contributed by atoms with Gasteiger partial charge >= 0.3 is 12.3 Å². The number of nitrogens with zero attached hydrogens (tertiary/aromatic N) is 7. The number of anilines is 1. The summed E-state index contributed by atoms with van der Waals surface area (Å²) in [5.74, 6) is 0.118. The normalized spacial score (nSPS) is 16.2. The molecule has 43 heavy (non-hydrogen) atoms. The van der Waals surface area contributed by atoms with Crippen LogP contribution in [0.2, 0.25) is 0 Å². The Balaban J connectivity index is 1.39. The van der Waals surface area contributed by atoms with Crippen LogP contribution in [-0.2, 0) is 29.6 Å². The lowest BCUT2D eigenvalue weighted by molar-refractivity contribution is -0.140. The lowest BCUT2D eigenvalue weighted by Gasteiger charge is -2.37. The van der Waals surface area contributed by atoms with E-state index in [4.69, 9.17) is 14.5 Å². The largest absolute Gasteiger partial charge is 0.480 e. The highest BCUT2D eigenvalue weighted by Gasteiger charge is 2.41. The predicted octanol–water partition coefficient (Wildman–Crippen LogP) is 6.25. The van der Waals surface area contributed by atoms with Crippen LogP contribution in [0.1, 0.15) is 62.0 Å². The molecule has 1 aromatic carbocycles. The summed E-state index contributed by atoms with van der Waals surface area (Å²) < 4.78 is 67.6. The first-order valence-electron chi connectivity index (χ1n) is 13.6. The first-order valence-corrected chi connectivity index (χ1v) is 13.6. The standard InChI is InChI=1S/C29H27F4N7O3/c1-5-39-13-20(29(31,32)33)37-24(39)17-9-6-15(10-19(17)30)12-40-25-18(28(2,3)43-27(40)41)11-34-23(38-25)21-22(16-7-8-16)35-14-36-26(21)42-4/h6,9-11,13-14,16H,5,7-8,12H2,1-4H3. The third-order valence-corrected chi connectivity index (χ3v) is 7.48. The number of ether oxygens (including phenoxy) is 2. The van der Waals surface area contributed by atoms with Gasteiger partial charge in [0, 0.05) is 24.9 Å². The number of cyclic esters (lactones) is 1. The minimum atomic E-state index is -4.67. The van der Waals surface area contributed by atoms with Crippen molar-refractivity contribution in [3.63, 3.8) is 0 Å². The van der Waals surface area contributed by atoms with Crippen LogP contribution in [0.5, 0.6) is 5.88 Å². The monoisotopic (exact) mass is 597 g/mol. The molecule has 4 heterocycles. The van der Waals surface area contributed by atoms with Crippen LogP contribution in [0.4, 0.5) is 28.2 Å². The fraction of sp³-hybridized carbons (Fsp3) is 0.379. The molecule has 1 saturated carbocycles. The predicted molar refractivity (Wildman–Crippen MR) is 146 cm³/mol. The highest BCUT2D eigenvalue weighted by atomic mass is 19.4. The van der Waals surface area contributed by atoms with E-state index < -0.39 is 29.4 Å². The van der Waals surface area contributed by atoms with Gasteiger partial charge in [0.2, 0.25) is 5.88 Å². The van der Waals surface area contributed by atoms with E-state index in [1.807, 2.05) is 0 Å². The zero-order valence-corrected chi connectivity index (χ0v) is 23.7. The van der Waals surface area contributed by atoms with E-state index in [-0.39, 0.29) is 42.0 Å². The first kappa shape index (κ1) is 28.5. The number of amides is 1. The van der Waals surface area contributed by atoms with Gasteiger partial charge in [0.05, 0.1) is 30.5 Å². The minimum Gasteiger partial charge on any atom is -0.480 e. The molecular formula is C29H27F4N7O3. The number of fused-ring (bicyclic) bond motifs is 1. The van der Waals surface area contributed by atoms with Crippen molar-refractivity contribution in [3.8, 4) is 28.7 Å². The molecule has 1 aliphatic heterocycles. The summed E-state index contributed by atoms with van der Waals surface area (Å²) in [7, 11) is 1.49. The Kier molecular flexibility index (Phi) is 6.81. The number of carbonyl (C=O) groups excluding carboxylic acids is 1. The van der Waals surface area contributed by atoms with Gasteiger partial charge in [0.25, 0.3) is 0 Å². The van der Waals surface area contributed by atoms with Crippen LogP contribution in [-0.4, -0.2) is 42.7 Å². The Hall–Kier alpha value is -4.62. The number of imidazole rings is 1. The average Bonchev–Trinajstić information content (AvgIpc) is 3.71. The van der Waals surface area contributed by atoms with Gasteiger partial charge in [-0.15, -0.1) is 0 Å². The van der Waals surface area contributed by atoms with E-state index in [0.717, 1.165) is 30.8 Å². The fourth-order valence-electron chi connectivity index (χ4n) is 5.12. The molecule has 2 aliphatic rings. The third kappa shape index (κ3) is 5.14. The molecule has 0 N–H and O–H groups in total. The van der Waals surface area contributed by atoms with Crippen molar-refractivity contribution in [1.82, 2.24) is 29.5 Å². The number of hydrogen-bond acceptors (Lipinski definition) is 8. The minimum absolute atomic E-state index is 0.0998. The highest BCUT2D eigenvalue weighted by molar-refractivity contribution is 5.90. The van der Waals surface area contributed by atoms with Crippen molar-refractivity contribution < 1.29 is 31.8 Å². The Bertz CT molecular complexity index is 1730. The first-order chi connectivity index (χ1) is 20.4. The molecule has 0 spiro atoms. The van der Waals surface area contributed by atoms with Gasteiger partial charge in [-0.2, -0.15) is 13.2 Å². The van der Waals surface area contributed by atoms with Crippen LogP contribution in [0, 0.1) is 5.82 Å². The number of carbonyl (C=O) groups is 1. The Morgan fingerprint density at radius 2 is 1.91 bits per heavy atom.